The predicted molar refractivity (Wildman–Crippen MR) is 103 cm³/mol. The highest BCUT2D eigenvalue weighted by atomic mass is 16.2. The van der Waals surface area contributed by atoms with Gasteiger partial charge in [-0.2, -0.15) is 0 Å². The fourth-order valence-corrected chi connectivity index (χ4v) is 4.99. The maximum absolute atomic E-state index is 13.6. The van der Waals surface area contributed by atoms with Crippen molar-refractivity contribution in [3.8, 4) is 0 Å². The molecule has 128 valence electrons. The number of benzene rings is 2. The normalized spacial score (nSPS) is 25.1. The Kier molecular flexibility index (Phi) is 3.99. The highest BCUT2D eigenvalue weighted by molar-refractivity contribution is 6.02. The van der Waals surface area contributed by atoms with Crippen LogP contribution in [-0.2, 0) is 4.79 Å². The number of para-hydroxylation sites is 1. The summed E-state index contributed by atoms with van der Waals surface area (Å²) < 4.78 is 0. The first-order valence-electron chi connectivity index (χ1n) is 9.25. The molecule has 2 aliphatic carbocycles. The lowest BCUT2D eigenvalue weighted by Crippen LogP contribution is -2.40. The summed E-state index contributed by atoms with van der Waals surface area (Å²) in [6.45, 7) is 2.28. The maximum Gasteiger partial charge on any atom is 0.237 e. The lowest BCUT2D eigenvalue weighted by molar-refractivity contribution is -0.126. The van der Waals surface area contributed by atoms with Crippen molar-refractivity contribution < 1.29 is 4.79 Å². The molecule has 0 spiro atoms. The van der Waals surface area contributed by atoms with E-state index >= 15 is 0 Å². The van der Waals surface area contributed by atoms with Gasteiger partial charge in [-0.15, -0.1) is 0 Å². The lowest BCUT2D eigenvalue weighted by Gasteiger charge is -2.31. The van der Waals surface area contributed by atoms with E-state index in [0.29, 0.717) is 5.92 Å². The van der Waals surface area contributed by atoms with Crippen molar-refractivity contribution in [2.24, 2.45) is 11.3 Å². The van der Waals surface area contributed by atoms with Crippen LogP contribution in [-0.4, -0.2) is 13.0 Å². The predicted octanol–water partition coefficient (Wildman–Crippen LogP) is 5.31. The molecule has 2 atom stereocenters. The molecule has 0 radical (unpaired) electrons. The Morgan fingerprint density at radius 1 is 1.04 bits per heavy atom. The van der Waals surface area contributed by atoms with E-state index in [1.54, 1.807) is 0 Å². The van der Waals surface area contributed by atoms with Crippen LogP contribution >= 0.6 is 0 Å². The molecule has 0 aromatic heterocycles. The van der Waals surface area contributed by atoms with Gasteiger partial charge in [0.25, 0.3) is 0 Å². The molecule has 1 fully saturated rings. The topological polar surface area (TPSA) is 20.3 Å². The first kappa shape index (κ1) is 16.1. The van der Waals surface area contributed by atoms with Crippen molar-refractivity contribution in [3.63, 3.8) is 0 Å². The molecule has 4 rings (SSSR count). The quantitative estimate of drug-likeness (QED) is 0.746. The molecule has 2 aliphatic rings. The van der Waals surface area contributed by atoms with Gasteiger partial charge in [0, 0.05) is 12.7 Å². The molecular weight excluding hydrogens is 306 g/mol. The van der Waals surface area contributed by atoms with Crippen LogP contribution < -0.4 is 4.90 Å². The molecule has 2 aromatic carbocycles. The number of rotatable bonds is 3. The van der Waals surface area contributed by atoms with E-state index in [9.17, 15) is 4.79 Å². The van der Waals surface area contributed by atoms with Gasteiger partial charge < -0.3 is 4.90 Å². The summed E-state index contributed by atoms with van der Waals surface area (Å²) in [6, 6.07) is 20.7. The molecule has 25 heavy (non-hydrogen) atoms. The molecule has 0 heterocycles. The van der Waals surface area contributed by atoms with Gasteiger partial charge in [0.1, 0.15) is 0 Å². The van der Waals surface area contributed by atoms with Crippen molar-refractivity contribution in [3.05, 3.63) is 71.8 Å². The van der Waals surface area contributed by atoms with E-state index in [1.807, 2.05) is 42.3 Å². The maximum atomic E-state index is 13.6. The van der Waals surface area contributed by atoms with Gasteiger partial charge in [0.05, 0.1) is 5.41 Å². The standard InChI is InChI=1S/C23H25NO/c1-17-16-23(22(25)24(2)19-12-7-4-8-13-19)15-9-14-20(23)21(17)18-10-5-3-6-11-18/h3-8,10-13,17H,9,14-16H2,1-2H3/t17-,23+/m0/s1. The van der Waals surface area contributed by atoms with Crippen LogP contribution in [0.3, 0.4) is 0 Å². The Hall–Kier alpha value is -2.35. The minimum Gasteiger partial charge on any atom is -0.315 e. The second kappa shape index (κ2) is 6.18. The molecule has 1 saturated carbocycles. The van der Waals surface area contributed by atoms with Crippen LogP contribution in [0.2, 0.25) is 0 Å². The zero-order chi connectivity index (χ0) is 17.4. The van der Waals surface area contributed by atoms with Crippen LogP contribution in [0.1, 0.15) is 38.2 Å². The molecule has 2 aromatic rings. The van der Waals surface area contributed by atoms with E-state index in [-0.39, 0.29) is 11.3 Å². The smallest absolute Gasteiger partial charge is 0.237 e. The number of carbonyl (C=O) groups excluding carboxylic acids is 1. The number of nitrogens with zero attached hydrogens (tertiary/aromatic N) is 1. The monoisotopic (exact) mass is 331 g/mol. The van der Waals surface area contributed by atoms with Crippen LogP contribution in [0.4, 0.5) is 5.69 Å². The third-order valence-corrected chi connectivity index (χ3v) is 6.02. The number of carbonyl (C=O) groups is 1. The number of hydrogen-bond donors (Lipinski definition) is 0. The molecule has 0 unspecified atom stereocenters. The van der Waals surface area contributed by atoms with Crippen molar-refractivity contribution in [2.45, 2.75) is 32.6 Å². The van der Waals surface area contributed by atoms with Crippen molar-refractivity contribution in [1.29, 1.82) is 0 Å². The zero-order valence-electron chi connectivity index (χ0n) is 15.0. The third kappa shape index (κ3) is 2.52. The van der Waals surface area contributed by atoms with Crippen molar-refractivity contribution in [2.75, 3.05) is 11.9 Å². The van der Waals surface area contributed by atoms with E-state index in [1.165, 1.54) is 16.7 Å². The van der Waals surface area contributed by atoms with Crippen molar-refractivity contribution in [1.82, 2.24) is 0 Å². The molecule has 0 bridgehead atoms. The minimum atomic E-state index is -0.296. The summed E-state index contributed by atoms with van der Waals surface area (Å²) in [5.41, 5.74) is 4.81. The van der Waals surface area contributed by atoms with Gasteiger partial charge in [0.2, 0.25) is 5.91 Å². The van der Waals surface area contributed by atoms with Gasteiger partial charge in [-0.1, -0.05) is 61.0 Å². The summed E-state index contributed by atoms with van der Waals surface area (Å²) in [5, 5.41) is 0. The van der Waals surface area contributed by atoms with E-state index in [2.05, 4.69) is 37.3 Å². The Balaban J connectivity index is 1.76. The Morgan fingerprint density at radius 2 is 1.68 bits per heavy atom. The van der Waals surface area contributed by atoms with Gasteiger partial charge in [-0.05, 0) is 54.9 Å². The van der Waals surface area contributed by atoms with Crippen LogP contribution in [0.5, 0.6) is 0 Å². The summed E-state index contributed by atoms with van der Waals surface area (Å²) in [6.07, 6.45) is 4.11. The van der Waals surface area contributed by atoms with E-state index in [0.717, 1.165) is 31.4 Å². The number of amides is 1. The van der Waals surface area contributed by atoms with Gasteiger partial charge in [-0.25, -0.2) is 0 Å². The van der Waals surface area contributed by atoms with E-state index in [4.69, 9.17) is 0 Å². The van der Waals surface area contributed by atoms with E-state index < -0.39 is 0 Å². The minimum absolute atomic E-state index is 0.268. The highest BCUT2D eigenvalue weighted by Gasteiger charge is 2.53. The Bertz CT molecular complexity index is 809. The largest absolute Gasteiger partial charge is 0.315 e. The molecule has 0 saturated heterocycles. The molecule has 1 amide bonds. The second-order valence-electron chi connectivity index (χ2n) is 7.50. The van der Waals surface area contributed by atoms with Crippen LogP contribution in [0.15, 0.2) is 66.2 Å². The lowest BCUT2D eigenvalue weighted by atomic mass is 9.80. The Morgan fingerprint density at radius 3 is 2.36 bits per heavy atom. The average molecular weight is 331 g/mol. The second-order valence-corrected chi connectivity index (χ2v) is 7.50. The van der Waals surface area contributed by atoms with Crippen molar-refractivity contribution >= 4 is 17.2 Å². The average Bonchev–Trinajstić information content (AvgIpc) is 3.18. The fraction of sp³-hybridized carbons (Fsp3) is 0.348. The summed E-state index contributed by atoms with van der Waals surface area (Å²) in [5.74, 6) is 0.704. The molecule has 0 N–H and O–H groups in total. The van der Waals surface area contributed by atoms with Crippen LogP contribution in [0.25, 0.3) is 5.57 Å². The molecular formula is C23H25NO. The summed E-state index contributed by atoms with van der Waals surface area (Å²) in [7, 11) is 1.92. The third-order valence-electron chi connectivity index (χ3n) is 6.02. The first-order valence-corrected chi connectivity index (χ1v) is 9.25. The number of allylic oxidation sites excluding steroid dienone is 1. The SMILES string of the molecule is C[C@H]1C[C@]2(C(=O)N(C)c3ccccc3)CCCC2=C1c1ccccc1. The van der Waals surface area contributed by atoms with Crippen LogP contribution in [0, 0.1) is 11.3 Å². The number of fused-ring (bicyclic) bond motifs is 1. The zero-order valence-corrected chi connectivity index (χ0v) is 15.0. The number of anilines is 1. The molecule has 0 aliphatic heterocycles. The number of hydrogen-bond acceptors (Lipinski definition) is 1. The fourth-order valence-electron chi connectivity index (χ4n) is 4.99. The van der Waals surface area contributed by atoms with Gasteiger partial charge in [0.15, 0.2) is 0 Å². The highest BCUT2D eigenvalue weighted by Crippen LogP contribution is 2.59. The van der Waals surface area contributed by atoms with Gasteiger partial charge >= 0.3 is 0 Å². The van der Waals surface area contributed by atoms with Gasteiger partial charge in [-0.3, -0.25) is 4.79 Å². The Labute approximate surface area is 150 Å². The molecule has 2 nitrogen and oxygen atoms in total. The summed E-state index contributed by atoms with van der Waals surface area (Å²) >= 11 is 0. The summed E-state index contributed by atoms with van der Waals surface area (Å²) in [4.78, 5) is 15.4. The molecule has 2 heteroatoms. The first-order chi connectivity index (χ1) is 12.1.